The van der Waals surface area contributed by atoms with Gasteiger partial charge >= 0.3 is 0 Å². The highest BCUT2D eigenvalue weighted by Gasteiger charge is 2.28. The molecule has 0 saturated heterocycles. The summed E-state index contributed by atoms with van der Waals surface area (Å²) >= 11 is 3.43. The predicted molar refractivity (Wildman–Crippen MR) is 92.4 cm³/mol. The van der Waals surface area contributed by atoms with Crippen LogP contribution in [0.25, 0.3) is 5.52 Å². The van der Waals surface area contributed by atoms with Crippen LogP contribution in [0.1, 0.15) is 28.5 Å². The van der Waals surface area contributed by atoms with Crippen molar-refractivity contribution in [3.8, 4) is 0 Å². The van der Waals surface area contributed by atoms with Gasteiger partial charge in [-0.1, -0.05) is 24.3 Å². The van der Waals surface area contributed by atoms with Crippen LogP contribution >= 0.6 is 15.9 Å². The number of pyridine rings is 1. The zero-order valence-corrected chi connectivity index (χ0v) is 14.3. The van der Waals surface area contributed by atoms with E-state index in [4.69, 9.17) is 0 Å². The minimum atomic E-state index is -0.00757. The largest absolute Gasteiger partial charge is 0.330 e. The molecular formula is C18H16BrN3O. The van der Waals surface area contributed by atoms with Crippen LogP contribution in [0.2, 0.25) is 0 Å². The Morgan fingerprint density at radius 1 is 1.22 bits per heavy atom. The quantitative estimate of drug-likeness (QED) is 0.655. The summed E-state index contributed by atoms with van der Waals surface area (Å²) in [6.07, 6.45) is 2.75. The van der Waals surface area contributed by atoms with Gasteiger partial charge < -0.3 is 4.90 Å². The van der Waals surface area contributed by atoms with Gasteiger partial charge in [-0.2, -0.15) is 5.10 Å². The first-order chi connectivity index (χ1) is 11.1. The van der Waals surface area contributed by atoms with Gasteiger partial charge in [0.15, 0.2) is 5.69 Å². The Kier molecular flexibility index (Phi) is 3.45. The van der Waals surface area contributed by atoms with E-state index >= 15 is 0 Å². The number of hydrogen-bond acceptors (Lipinski definition) is 2. The number of rotatable bonds is 1. The van der Waals surface area contributed by atoms with Crippen LogP contribution in [0.4, 0.5) is 0 Å². The van der Waals surface area contributed by atoms with Crippen molar-refractivity contribution in [2.75, 3.05) is 0 Å². The smallest absolute Gasteiger partial charge is 0.274 e. The van der Waals surface area contributed by atoms with Crippen molar-refractivity contribution in [3.05, 3.63) is 70.0 Å². The van der Waals surface area contributed by atoms with Crippen molar-refractivity contribution in [2.45, 2.75) is 25.9 Å². The maximum atomic E-state index is 12.9. The second-order valence-electron chi connectivity index (χ2n) is 6.00. The third-order valence-corrected chi connectivity index (χ3v) is 4.88. The van der Waals surface area contributed by atoms with Crippen LogP contribution in [0.3, 0.4) is 0 Å². The number of carbonyl (C=O) groups excluding carboxylic acids is 1. The molecule has 0 fully saturated rings. The molecule has 1 aliphatic rings. The summed E-state index contributed by atoms with van der Waals surface area (Å²) in [5, 5.41) is 4.43. The Morgan fingerprint density at radius 2 is 2.00 bits per heavy atom. The van der Waals surface area contributed by atoms with Crippen molar-refractivity contribution < 1.29 is 4.79 Å². The van der Waals surface area contributed by atoms with Gasteiger partial charge in [0.05, 0.1) is 5.52 Å². The van der Waals surface area contributed by atoms with Gasteiger partial charge in [-0.15, -0.1) is 0 Å². The van der Waals surface area contributed by atoms with Gasteiger partial charge in [0, 0.05) is 23.3 Å². The zero-order chi connectivity index (χ0) is 16.0. The van der Waals surface area contributed by atoms with Crippen LogP contribution < -0.4 is 0 Å². The first kappa shape index (κ1) is 14.5. The Hall–Kier alpha value is -2.14. The topological polar surface area (TPSA) is 37.6 Å². The second kappa shape index (κ2) is 5.49. The molecule has 1 aliphatic heterocycles. The first-order valence-electron chi connectivity index (χ1n) is 7.64. The van der Waals surface area contributed by atoms with Gasteiger partial charge in [0.1, 0.15) is 0 Å². The lowest BCUT2D eigenvalue weighted by Crippen LogP contribution is -2.42. The molecule has 1 aromatic carbocycles. The highest BCUT2D eigenvalue weighted by atomic mass is 79.9. The zero-order valence-electron chi connectivity index (χ0n) is 12.7. The van der Waals surface area contributed by atoms with E-state index in [-0.39, 0.29) is 11.9 Å². The van der Waals surface area contributed by atoms with Gasteiger partial charge in [-0.3, -0.25) is 4.79 Å². The SMILES string of the molecule is C[C@H]1Cc2ccccc2CN1C(=O)c1cc2ccc(Br)cn2n1. The molecule has 23 heavy (non-hydrogen) atoms. The van der Waals surface area contributed by atoms with E-state index in [2.05, 4.69) is 46.2 Å². The van der Waals surface area contributed by atoms with E-state index < -0.39 is 0 Å². The molecule has 0 N–H and O–H groups in total. The maximum Gasteiger partial charge on any atom is 0.274 e. The molecule has 0 aliphatic carbocycles. The summed E-state index contributed by atoms with van der Waals surface area (Å²) in [6.45, 7) is 2.74. The Balaban J connectivity index is 1.68. The molecule has 0 bridgehead atoms. The minimum Gasteiger partial charge on any atom is -0.330 e. The van der Waals surface area contributed by atoms with E-state index in [0.29, 0.717) is 12.2 Å². The average Bonchev–Trinajstić information content (AvgIpc) is 2.96. The molecule has 4 nitrogen and oxygen atoms in total. The Morgan fingerprint density at radius 3 is 2.83 bits per heavy atom. The summed E-state index contributed by atoms with van der Waals surface area (Å²) in [5.74, 6) is -0.00757. The molecule has 3 aromatic rings. The van der Waals surface area contributed by atoms with E-state index in [0.717, 1.165) is 16.4 Å². The van der Waals surface area contributed by atoms with Crippen LogP contribution in [0.5, 0.6) is 0 Å². The van der Waals surface area contributed by atoms with Crippen molar-refractivity contribution in [3.63, 3.8) is 0 Å². The van der Waals surface area contributed by atoms with Gasteiger partial charge in [-0.05, 0) is 58.6 Å². The molecule has 0 spiro atoms. The van der Waals surface area contributed by atoms with Crippen LogP contribution in [0.15, 0.2) is 53.1 Å². The molecule has 2 aromatic heterocycles. The number of benzene rings is 1. The summed E-state index contributed by atoms with van der Waals surface area (Å²) in [5.41, 5.74) is 3.98. The molecule has 3 heterocycles. The Bertz CT molecular complexity index is 902. The van der Waals surface area contributed by atoms with Gasteiger partial charge in [0.25, 0.3) is 5.91 Å². The number of carbonyl (C=O) groups is 1. The van der Waals surface area contributed by atoms with E-state index in [1.54, 1.807) is 4.52 Å². The summed E-state index contributed by atoms with van der Waals surface area (Å²) in [7, 11) is 0. The summed E-state index contributed by atoms with van der Waals surface area (Å²) in [6, 6.07) is 14.3. The third-order valence-electron chi connectivity index (χ3n) is 4.41. The average molecular weight is 370 g/mol. The van der Waals surface area contributed by atoms with Crippen molar-refractivity contribution >= 4 is 27.4 Å². The molecule has 1 atom stereocenters. The fourth-order valence-corrected chi connectivity index (χ4v) is 3.49. The molecular weight excluding hydrogens is 354 g/mol. The van der Waals surface area contributed by atoms with Crippen molar-refractivity contribution in [1.82, 2.24) is 14.5 Å². The number of amides is 1. The fraction of sp³-hybridized carbons (Fsp3) is 0.222. The van der Waals surface area contributed by atoms with E-state index in [1.165, 1.54) is 11.1 Å². The second-order valence-corrected chi connectivity index (χ2v) is 6.92. The summed E-state index contributed by atoms with van der Waals surface area (Å²) < 4.78 is 2.67. The Labute approximate surface area is 142 Å². The van der Waals surface area contributed by atoms with Crippen LogP contribution in [-0.4, -0.2) is 26.5 Å². The van der Waals surface area contributed by atoms with Crippen molar-refractivity contribution in [2.24, 2.45) is 0 Å². The number of aromatic nitrogens is 2. The predicted octanol–water partition coefficient (Wildman–Crippen LogP) is 3.68. The molecule has 1 amide bonds. The normalized spacial score (nSPS) is 17.3. The van der Waals surface area contributed by atoms with E-state index in [1.807, 2.05) is 35.4 Å². The molecule has 116 valence electrons. The van der Waals surface area contributed by atoms with Crippen LogP contribution in [0, 0.1) is 0 Å². The molecule has 5 heteroatoms. The third kappa shape index (κ3) is 2.55. The molecule has 4 rings (SSSR count). The lowest BCUT2D eigenvalue weighted by atomic mass is 9.94. The molecule has 0 unspecified atom stereocenters. The maximum absolute atomic E-state index is 12.9. The number of fused-ring (bicyclic) bond motifs is 2. The monoisotopic (exact) mass is 369 g/mol. The lowest BCUT2D eigenvalue weighted by Gasteiger charge is -2.34. The van der Waals surface area contributed by atoms with Gasteiger partial charge in [-0.25, -0.2) is 4.52 Å². The van der Waals surface area contributed by atoms with E-state index in [9.17, 15) is 4.79 Å². The lowest BCUT2D eigenvalue weighted by molar-refractivity contribution is 0.0652. The first-order valence-corrected chi connectivity index (χ1v) is 8.44. The minimum absolute atomic E-state index is 0.00757. The standard InChI is InChI=1S/C18H16BrN3O/c1-12-8-13-4-2-3-5-14(13)10-21(12)18(23)17-9-16-7-6-15(19)11-22(16)20-17/h2-7,9,11-12H,8,10H2,1H3/t12-/m0/s1. The number of nitrogens with zero attached hydrogens (tertiary/aromatic N) is 3. The molecule has 0 saturated carbocycles. The highest BCUT2D eigenvalue weighted by Crippen LogP contribution is 2.25. The fourth-order valence-electron chi connectivity index (χ4n) is 3.16. The highest BCUT2D eigenvalue weighted by molar-refractivity contribution is 9.10. The van der Waals surface area contributed by atoms with Crippen molar-refractivity contribution in [1.29, 1.82) is 0 Å². The summed E-state index contributed by atoms with van der Waals surface area (Å²) in [4.78, 5) is 14.8. The number of halogens is 1. The van der Waals surface area contributed by atoms with Crippen LogP contribution in [-0.2, 0) is 13.0 Å². The number of hydrogen-bond donors (Lipinski definition) is 0. The molecule has 0 radical (unpaired) electrons. The van der Waals surface area contributed by atoms with Gasteiger partial charge in [0.2, 0.25) is 0 Å².